The van der Waals surface area contributed by atoms with Crippen LogP contribution in [0.4, 0.5) is 0 Å². The third-order valence-electron chi connectivity index (χ3n) is 2.46. The van der Waals surface area contributed by atoms with E-state index in [0.717, 1.165) is 17.0 Å². The monoisotopic (exact) mass is 288 g/mol. The van der Waals surface area contributed by atoms with E-state index < -0.39 is 0 Å². The summed E-state index contributed by atoms with van der Waals surface area (Å²) in [5.41, 5.74) is 1.78. The Morgan fingerprint density at radius 2 is 2.12 bits per heavy atom. The van der Waals surface area contributed by atoms with Crippen LogP contribution in [0.2, 0.25) is 0 Å². The summed E-state index contributed by atoms with van der Waals surface area (Å²) in [6.45, 7) is 8.17. The third kappa shape index (κ3) is 3.07. The Kier molecular flexibility index (Phi) is 4.53. The molecule has 1 aromatic heterocycles. The molecule has 1 atom stereocenters. The molecular formula is C11H17BrN2O2. The number of aryl methyl sites for hydroxylation is 2. The van der Waals surface area contributed by atoms with Gasteiger partial charge in [0.1, 0.15) is 5.76 Å². The predicted molar refractivity (Wildman–Crippen MR) is 65.4 cm³/mol. The third-order valence-corrected chi connectivity index (χ3v) is 3.93. The quantitative estimate of drug-likeness (QED) is 0.865. The van der Waals surface area contributed by atoms with Gasteiger partial charge in [-0.3, -0.25) is 4.79 Å². The Hall–Kier alpha value is -0.840. The van der Waals surface area contributed by atoms with Gasteiger partial charge in [0.25, 0.3) is 0 Å². The topological polar surface area (TPSA) is 55.1 Å². The fraction of sp³-hybridized carbons (Fsp3) is 0.636. The van der Waals surface area contributed by atoms with Gasteiger partial charge < -0.3 is 9.84 Å². The van der Waals surface area contributed by atoms with E-state index in [1.807, 2.05) is 27.7 Å². The fourth-order valence-electron chi connectivity index (χ4n) is 1.33. The molecule has 0 fully saturated rings. The average molecular weight is 289 g/mol. The van der Waals surface area contributed by atoms with E-state index in [-0.39, 0.29) is 16.7 Å². The van der Waals surface area contributed by atoms with Crippen molar-refractivity contribution in [3.05, 3.63) is 17.0 Å². The van der Waals surface area contributed by atoms with Crippen LogP contribution in [0, 0.1) is 19.8 Å². The lowest BCUT2D eigenvalue weighted by molar-refractivity contribution is -0.121. The van der Waals surface area contributed by atoms with E-state index in [0.29, 0.717) is 6.54 Å². The van der Waals surface area contributed by atoms with Gasteiger partial charge in [0, 0.05) is 12.1 Å². The Bertz CT molecular complexity index is 355. The van der Waals surface area contributed by atoms with Gasteiger partial charge in [-0.1, -0.05) is 34.9 Å². The van der Waals surface area contributed by atoms with Gasteiger partial charge in [-0.05, 0) is 19.8 Å². The van der Waals surface area contributed by atoms with Crippen LogP contribution in [-0.4, -0.2) is 15.9 Å². The first-order valence-electron chi connectivity index (χ1n) is 5.27. The maximum absolute atomic E-state index is 11.7. The van der Waals surface area contributed by atoms with Crippen molar-refractivity contribution in [1.29, 1.82) is 0 Å². The first-order valence-corrected chi connectivity index (χ1v) is 6.18. The summed E-state index contributed by atoms with van der Waals surface area (Å²) in [5.74, 6) is 1.02. The van der Waals surface area contributed by atoms with E-state index in [1.54, 1.807) is 0 Å². The van der Waals surface area contributed by atoms with Gasteiger partial charge in [0.2, 0.25) is 5.91 Å². The van der Waals surface area contributed by atoms with Crippen LogP contribution in [-0.2, 0) is 11.3 Å². The maximum atomic E-state index is 11.7. The van der Waals surface area contributed by atoms with Gasteiger partial charge in [-0.25, -0.2) is 0 Å². The molecule has 90 valence electrons. The lowest BCUT2D eigenvalue weighted by Crippen LogP contribution is -2.33. The molecule has 0 bridgehead atoms. The molecule has 0 aliphatic carbocycles. The summed E-state index contributed by atoms with van der Waals surface area (Å²) in [7, 11) is 0. The molecule has 0 saturated carbocycles. The van der Waals surface area contributed by atoms with Crippen LogP contribution in [0.15, 0.2) is 4.52 Å². The smallest absolute Gasteiger partial charge is 0.234 e. The summed E-state index contributed by atoms with van der Waals surface area (Å²) >= 11 is 3.36. The summed E-state index contributed by atoms with van der Waals surface area (Å²) in [4.78, 5) is 11.5. The SMILES string of the molecule is Cc1noc(C)c1CNC(=O)C(Br)C(C)C. The van der Waals surface area contributed by atoms with Crippen molar-refractivity contribution >= 4 is 21.8 Å². The Morgan fingerprint density at radius 1 is 1.50 bits per heavy atom. The standard InChI is InChI=1S/C11H17BrN2O2/c1-6(2)10(12)11(15)13-5-9-7(3)14-16-8(9)4/h6,10H,5H2,1-4H3,(H,13,15). The van der Waals surface area contributed by atoms with E-state index in [9.17, 15) is 4.79 Å². The minimum atomic E-state index is -0.159. The molecule has 1 unspecified atom stereocenters. The lowest BCUT2D eigenvalue weighted by Gasteiger charge is -2.13. The van der Waals surface area contributed by atoms with E-state index >= 15 is 0 Å². The summed E-state index contributed by atoms with van der Waals surface area (Å²) in [6.07, 6.45) is 0. The van der Waals surface area contributed by atoms with Crippen LogP contribution in [0.25, 0.3) is 0 Å². The van der Waals surface area contributed by atoms with Crippen LogP contribution in [0.3, 0.4) is 0 Å². The molecule has 5 heteroatoms. The highest BCUT2D eigenvalue weighted by Crippen LogP contribution is 2.14. The Balaban J connectivity index is 2.55. The molecule has 1 amide bonds. The maximum Gasteiger partial charge on any atom is 0.234 e. The van der Waals surface area contributed by atoms with Crippen molar-refractivity contribution in [2.24, 2.45) is 5.92 Å². The van der Waals surface area contributed by atoms with E-state index in [4.69, 9.17) is 4.52 Å². The zero-order valence-corrected chi connectivity index (χ0v) is 11.6. The molecule has 0 saturated heterocycles. The number of hydrogen-bond donors (Lipinski definition) is 1. The second kappa shape index (κ2) is 5.48. The molecule has 0 aromatic carbocycles. The molecular weight excluding hydrogens is 272 g/mol. The highest BCUT2D eigenvalue weighted by atomic mass is 79.9. The predicted octanol–water partition coefficient (Wildman–Crippen LogP) is 2.33. The van der Waals surface area contributed by atoms with Crippen molar-refractivity contribution in [3.8, 4) is 0 Å². The molecule has 0 spiro atoms. The minimum absolute atomic E-state index is 0.00463. The van der Waals surface area contributed by atoms with Crippen LogP contribution < -0.4 is 5.32 Å². The highest BCUT2D eigenvalue weighted by Gasteiger charge is 2.19. The molecule has 1 aromatic rings. The Labute approximate surface area is 104 Å². The number of carbonyl (C=O) groups excluding carboxylic acids is 1. The largest absolute Gasteiger partial charge is 0.361 e. The molecule has 1 heterocycles. The summed E-state index contributed by atoms with van der Waals surface area (Å²) in [5, 5.41) is 6.70. The number of nitrogens with zero attached hydrogens (tertiary/aromatic N) is 1. The van der Waals surface area contributed by atoms with Gasteiger partial charge in [0.15, 0.2) is 0 Å². The number of halogens is 1. The zero-order chi connectivity index (χ0) is 12.3. The van der Waals surface area contributed by atoms with Crippen LogP contribution >= 0.6 is 15.9 Å². The molecule has 4 nitrogen and oxygen atoms in total. The molecule has 1 N–H and O–H groups in total. The number of aromatic nitrogens is 1. The minimum Gasteiger partial charge on any atom is -0.361 e. The number of carbonyl (C=O) groups is 1. The first-order chi connectivity index (χ1) is 7.43. The number of hydrogen-bond acceptors (Lipinski definition) is 3. The number of nitrogens with one attached hydrogen (secondary N) is 1. The number of rotatable bonds is 4. The van der Waals surface area contributed by atoms with Crippen molar-refractivity contribution < 1.29 is 9.32 Å². The highest BCUT2D eigenvalue weighted by molar-refractivity contribution is 9.10. The zero-order valence-electron chi connectivity index (χ0n) is 10.0. The normalized spacial score (nSPS) is 12.9. The summed E-state index contributed by atoms with van der Waals surface area (Å²) in [6, 6.07) is 0. The number of amides is 1. The van der Waals surface area contributed by atoms with Crippen molar-refractivity contribution in [1.82, 2.24) is 10.5 Å². The average Bonchev–Trinajstić information content (AvgIpc) is 2.54. The Morgan fingerprint density at radius 3 is 2.56 bits per heavy atom. The van der Waals surface area contributed by atoms with Crippen LogP contribution in [0.5, 0.6) is 0 Å². The molecule has 1 rings (SSSR count). The molecule has 0 radical (unpaired) electrons. The van der Waals surface area contributed by atoms with Gasteiger partial charge >= 0.3 is 0 Å². The lowest BCUT2D eigenvalue weighted by atomic mass is 10.1. The van der Waals surface area contributed by atoms with Gasteiger partial charge in [0.05, 0.1) is 10.5 Å². The first kappa shape index (κ1) is 13.2. The molecule has 0 aliphatic rings. The molecule has 16 heavy (non-hydrogen) atoms. The second-order valence-corrected chi connectivity index (χ2v) is 5.15. The van der Waals surface area contributed by atoms with Crippen molar-refractivity contribution in [2.45, 2.75) is 39.1 Å². The molecule has 0 aliphatic heterocycles. The van der Waals surface area contributed by atoms with Gasteiger partial charge in [-0.2, -0.15) is 0 Å². The van der Waals surface area contributed by atoms with Crippen molar-refractivity contribution in [3.63, 3.8) is 0 Å². The number of alkyl halides is 1. The van der Waals surface area contributed by atoms with E-state index in [1.165, 1.54) is 0 Å². The fourth-order valence-corrected chi connectivity index (χ4v) is 1.49. The second-order valence-electron chi connectivity index (χ2n) is 4.17. The van der Waals surface area contributed by atoms with Crippen LogP contribution in [0.1, 0.15) is 30.9 Å². The van der Waals surface area contributed by atoms with Gasteiger partial charge in [-0.15, -0.1) is 0 Å². The summed E-state index contributed by atoms with van der Waals surface area (Å²) < 4.78 is 5.02. The van der Waals surface area contributed by atoms with E-state index in [2.05, 4.69) is 26.4 Å². The van der Waals surface area contributed by atoms with Crippen molar-refractivity contribution in [2.75, 3.05) is 0 Å².